The Morgan fingerprint density at radius 1 is 1.40 bits per heavy atom. The lowest BCUT2D eigenvalue weighted by Gasteiger charge is -2.13. The second-order valence-corrected chi connectivity index (χ2v) is 4.52. The van der Waals surface area contributed by atoms with Crippen LogP contribution in [0.3, 0.4) is 0 Å². The number of benzene rings is 1. The molecule has 0 amide bonds. The van der Waals surface area contributed by atoms with Gasteiger partial charge in [0.05, 0.1) is 5.02 Å². The topological polar surface area (TPSA) is 21.3 Å². The van der Waals surface area contributed by atoms with Gasteiger partial charge in [0.2, 0.25) is 0 Å². The van der Waals surface area contributed by atoms with Crippen LogP contribution in [0.4, 0.5) is 0 Å². The van der Waals surface area contributed by atoms with E-state index in [4.69, 9.17) is 27.9 Å². The maximum absolute atomic E-state index is 5.98. The summed E-state index contributed by atoms with van der Waals surface area (Å²) in [5.41, 5.74) is 0. The van der Waals surface area contributed by atoms with Crippen LogP contribution in [0, 0.1) is 0 Å². The highest BCUT2D eigenvalue weighted by Gasteiger charge is 2.15. The van der Waals surface area contributed by atoms with Gasteiger partial charge in [-0.1, -0.05) is 23.2 Å². The highest BCUT2D eigenvalue weighted by molar-refractivity contribution is 6.34. The largest absolute Gasteiger partial charge is 0.490 e. The Morgan fingerprint density at radius 3 is 3.00 bits per heavy atom. The van der Waals surface area contributed by atoms with Crippen LogP contribution in [0.2, 0.25) is 10.0 Å². The van der Waals surface area contributed by atoms with Gasteiger partial charge in [-0.2, -0.15) is 0 Å². The number of nitrogens with one attached hydrogen (secondary N) is 1. The fraction of sp³-hybridized carbons (Fsp3) is 0.455. The van der Waals surface area contributed by atoms with Gasteiger partial charge < -0.3 is 10.1 Å². The fourth-order valence-corrected chi connectivity index (χ4v) is 2.01. The minimum absolute atomic E-state index is 0.444. The van der Waals surface area contributed by atoms with Crippen LogP contribution in [-0.4, -0.2) is 19.2 Å². The maximum Gasteiger partial charge on any atom is 0.139 e. The zero-order valence-corrected chi connectivity index (χ0v) is 9.81. The maximum atomic E-state index is 5.98. The van der Waals surface area contributed by atoms with E-state index >= 15 is 0 Å². The van der Waals surface area contributed by atoms with Crippen molar-refractivity contribution in [2.75, 3.05) is 13.2 Å². The molecule has 1 aliphatic heterocycles. The quantitative estimate of drug-likeness (QED) is 0.884. The van der Waals surface area contributed by atoms with Crippen LogP contribution >= 0.6 is 23.2 Å². The minimum atomic E-state index is 0.444. The Bertz CT molecular complexity index is 337. The molecule has 1 unspecified atom stereocenters. The van der Waals surface area contributed by atoms with E-state index in [1.165, 1.54) is 6.42 Å². The first-order valence-electron chi connectivity index (χ1n) is 5.07. The molecule has 0 saturated carbocycles. The standard InChI is InChI=1S/C11H13Cl2NO/c12-8-3-4-10(13)11(6-8)15-7-9-2-1-5-14-9/h3-4,6,9,14H,1-2,5,7H2. The molecule has 1 aromatic rings. The molecule has 0 aliphatic carbocycles. The highest BCUT2D eigenvalue weighted by Crippen LogP contribution is 2.27. The number of rotatable bonds is 3. The molecule has 1 atom stereocenters. The lowest BCUT2D eigenvalue weighted by molar-refractivity contribution is 0.277. The molecule has 1 heterocycles. The molecule has 2 nitrogen and oxygen atoms in total. The van der Waals surface area contributed by atoms with Gasteiger partial charge in [-0.3, -0.25) is 0 Å². The zero-order valence-electron chi connectivity index (χ0n) is 8.30. The summed E-state index contributed by atoms with van der Waals surface area (Å²) in [5, 5.41) is 4.62. The van der Waals surface area contributed by atoms with Gasteiger partial charge in [0.15, 0.2) is 0 Å². The van der Waals surface area contributed by atoms with Crippen molar-refractivity contribution in [1.82, 2.24) is 5.32 Å². The van der Waals surface area contributed by atoms with E-state index in [1.807, 2.05) is 0 Å². The molecule has 0 bridgehead atoms. The van der Waals surface area contributed by atoms with E-state index < -0.39 is 0 Å². The van der Waals surface area contributed by atoms with Crippen LogP contribution in [-0.2, 0) is 0 Å². The lowest BCUT2D eigenvalue weighted by Crippen LogP contribution is -2.28. The van der Waals surface area contributed by atoms with Gasteiger partial charge in [0.25, 0.3) is 0 Å². The first-order valence-corrected chi connectivity index (χ1v) is 5.82. The van der Waals surface area contributed by atoms with E-state index in [-0.39, 0.29) is 0 Å². The van der Waals surface area contributed by atoms with Crippen LogP contribution in [0.15, 0.2) is 18.2 Å². The minimum Gasteiger partial charge on any atom is -0.490 e. The van der Waals surface area contributed by atoms with E-state index in [2.05, 4.69) is 5.32 Å². The molecular weight excluding hydrogens is 233 g/mol. The van der Waals surface area contributed by atoms with Crippen molar-refractivity contribution in [3.05, 3.63) is 28.2 Å². The monoisotopic (exact) mass is 245 g/mol. The molecule has 1 saturated heterocycles. The van der Waals surface area contributed by atoms with E-state index in [0.29, 0.717) is 28.4 Å². The fourth-order valence-electron chi connectivity index (χ4n) is 1.68. The molecular formula is C11H13Cl2NO. The molecule has 0 spiro atoms. The summed E-state index contributed by atoms with van der Waals surface area (Å²) < 4.78 is 5.62. The molecule has 82 valence electrons. The Hall–Kier alpha value is -0.440. The summed E-state index contributed by atoms with van der Waals surface area (Å²) in [6.07, 6.45) is 2.38. The molecule has 0 radical (unpaired) electrons. The Morgan fingerprint density at radius 2 is 2.27 bits per heavy atom. The second kappa shape index (κ2) is 5.06. The van der Waals surface area contributed by atoms with Gasteiger partial charge in [-0.05, 0) is 31.5 Å². The summed E-state index contributed by atoms with van der Waals surface area (Å²) in [4.78, 5) is 0. The third-order valence-corrected chi connectivity index (χ3v) is 3.04. The molecule has 15 heavy (non-hydrogen) atoms. The first kappa shape index (κ1) is 11.1. The summed E-state index contributed by atoms with van der Waals surface area (Å²) >= 11 is 11.8. The van der Waals surface area contributed by atoms with Gasteiger partial charge in [0.1, 0.15) is 12.4 Å². The SMILES string of the molecule is Clc1ccc(Cl)c(OCC2CCCN2)c1. The van der Waals surface area contributed by atoms with Crippen LogP contribution < -0.4 is 10.1 Å². The summed E-state index contributed by atoms with van der Waals surface area (Å²) in [6.45, 7) is 1.73. The second-order valence-electron chi connectivity index (χ2n) is 3.68. The number of halogens is 2. The Kier molecular flexibility index (Phi) is 3.73. The van der Waals surface area contributed by atoms with Crippen molar-refractivity contribution in [2.45, 2.75) is 18.9 Å². The van der Waals surface area contributed by atoms with Gasteiger partial charge in [-0.25, -0.2) is 0 Å². The lowest BCUT2D eigenvalue weighted by atomic mass is 10.2. The van der Waals surface area contributed by atoms with E-state index in [0.717, 1.165) is 13.0 Å². The van der Waals surface area contributed by atoms with Gasteiger partial charge in [-0.15, -0.1) is 0 Å². The average Bonchev–Trinajstić information content (AvgIpc) is 2.72. The van der Waals surface area contributed by atoms with Crippen molar-refractivity contribution >= 4 is 23.2 Å². The van der Waals surface area contributed by atoms with Crippen molar-refractivity contribution in [1.29, 1.82) is 0 Å². The molecule has 1 aromatic carbocycles. The Labute approximate surface area is 99.5 Å². The average molecular weight is 246 g/mol. The number of hydrogen-bond acceptors (Lipinski definition) is 2. The van der Waals surface area contributed by atoms with Crippen LogP contribution in [0.5, 0.6) is 5.75 Å². The van der Waals surface area contributed by atoms with Gasteiger partial charge in [0, 0.05) is 17.1 Å². The molecule has 2 rings (SSSR count). The third kappa shape index (κ3) is 3.00. The summed E-state index contributed by atoms with van der Waals surface area (Å²) in [5.74, 6) is 0.665. The summed E-state index contributed by atoms with van der Waals surface area (Å²) in [7, 11) is 0. The van der Waals surface area contributed by atoms with Crippen molar-refractivity contribution < 1.29 is 4.74 Å². The smallest absolute Gasteiger partial charge is 0.139 e. The Balaban J connectivity index is 1.94. The van der Waals surface area contributed by atoms with Crippen LogP contribution in [0.25, 0.3) is 0 Å². The third-order valence-electron chi connectivity index (χ3n) is 2.50. The molecule has 4 heteroatoms. The molecule has 0 aromatic heterocycles. The predicted molar refractivity (Wildman–Crippen MR) is 63.0 cm³/mol. The number of hydrogen-bond donors (Lipinski definition) is 1. The molecule has 1 fully saturated rings. The van der Waals surface area contributed by atoms with E-state index in [1.54, 1.807) is 18.2 Å². The van der Waals surface area contributed by atoms with Gasteiger partial charge >= 0.3 is 0 Å². The number of ether oxygens (including phenoxy) is 1. The van der Waals surface area contributed by atoms with E-state index in [9.17, 15) is 0 Å². The molecule has 1 aliphatic rings. The molecule has 1 N–H and O–H groups in total. The first-order chi connectivity index (χ1) is 7.25. The van der Waals surface area contributed by atoms with Crippen molar-refractivity contribution in [2.24, 2.45) is 0 Å². The van der Waals surface area contributed by atoms with Crippen molar-refractivity contribution in [3.8, 4) is 5.75 Å². The highest BCUT2D eigenvalue weighted by atomic mass is 35.5. The van der Waals surface area contributed by atoms with Crippen molar-refractivity contribution in [3.63, 3.8) is 0 Å². The zero-order chi connectivity index (χ0) is 10.7. The normalized spacial score (nSPS) is 20.5. The predicted octanol–water partition coefficient (Wildman–Crippen LogP) is 3.12. The van der Waals surface area contributed by atoms with Crippen LogP contribution in [0.1, 0.15) is 12.8 Å². The summed E-state index contributed by atoms with van der Waals surface area (Å²) in [6, 6.07) is 5.70.